The van der Waals surface area contributed by atoms with Crippen molar-refractivity contribution in [3.8, 4) is 0 Å². The predicted molar refractivity (Wildman–Crippen MR) is 68.0 cm³/mol. The molecule has 0 aliphatic rings. The van der Waals surface area contributed by atoms with Crippen LogP contribution >= 0.6 is 15.9 Å². The van der Waals surface area contributed by atoms with Gasteiger partial charge in [0.2, 0.25) is 0 Å². The van der Waals surface area contributed by atoms with Crippen molar-refractivity contribution < 1.29 is 9.21 Å². The van der Waals surface area contributed by atoms with E-state index in [0.29, 0.717) is 18.2 Å². The lowest BCUT2D eigenvalue weighted by Gasteiger charge is -2.13. The zero-order valence-electron chi connectivity index (χ0n) is 9.92. The van der Waals surface area contributed by atoms with Crippen LogP contribution in [-0.2, 0) is 6.42 Å². The summed E-state index contributed by atoms with van der Waals surface area (Å²) in [4.78, 5) is 12.0. The van der Waals surface area contributed by atoms with Crippen LogP contribution in [0.2, 0.25) is 0 Å². The summed E-state index contributed by atoms with van der Waals surface area (Å²) >= 11 is 3.52. The van der Waals surface area contributed by atoms with Gasteiger partial charge in [0, 0.05) is 17.8 Å². The molecular weight excluding hydrogens is 270 g/mol. The summed E-state index contributed by atoms with van der Waals surface area (Å²) in [5.74, 6) is 1.57. The average Bonchev–Trinajstić information content (AvgIpc) is 2.73. The number of hydrogen-bond acceptors (Lipinski definition) is 2. The number of carbonyl (C=O) groups is 1. The first-order valence-electron chi connectivity index (χ1n) is 5.55. The van der Waals surface area contributed by atoms with Gasteiger partial charge in [0.25, 0.3) is 5.91 Å². The van der Waals surface area contributed by atoms with Crippen LogP contribution in [-0.4, -0.2) is 17.3 Å². The highest BCUT2D eigenvalue weighted by molar-refractivity contribution is 9.09. The standard InChI is InChI=1S/C12H18BrNO2/c1-4-9-5-6-11(16-9)12(15)14-7-10(13)8(2)3/h5-6,8,10H,4,7H2,1-3H3,(H,14,15). The van der Waals surface area contributed by atoms with E-state index in [1.54, 1.807) is 6.07 Å². The van der Waals surface area contributed by atoms with E-state index in [0.717, 1.165) is 12.2 Å². The molecule has 1 aromatic rings. The topological polar surface area (TPSA) is 42.2 Å². The second-order valence-corrected chi connectivity index (χ2v) is 5.27. The third-order valence-electron chi connectivity index (χ3n) is 2.41. The van der Waals surface area contributed by atoms with E-state index in [4.69, 9.17) is 4.42 Å². The van der Waals surface area contributed by atoms with Crippen molar-refractivity contribution in [2.75, 3.05) is 6.54 Å². The van der Waals surface area contributed by atoms with Gasteiger partial charge in [-0.05, 0) is 18.1 Å². The molecule has 1 unspecified atom stereocenters. The first-order valence-corrected chi connectivity index (χ1v) is 6.47. The van der Waals surface area contributed by atoms with Crippen LogP contribution < -0.4 is 5.32 Å². The summed E-state index contributed by atoms with van der Waals surface area (Å²) in [6.07, 6.45) is 0.806. The van der Waals surface area contributed by atoms with Crippen LogP contribution in [0.3, 0.4) is 0 Å². The van der Waals surface area contributed by atoms with Gasteiger partial charge in [-0.25, -0.2) is 0 Å². The molecule has 3 nitrogen and oxygen atoms in total. The Hall–Kier alpha value is -0.770. The third-order valence-corrected chi connectivity index (χ3v) is 3.80. The Balaban J connectivity index is 2.46. The lowest BCUT2D eigenvalue weighted by Crippen LogP contribution is -2.31. The molecule has 0 bridgehead atoms. The molecule has 1 N–H and O–H groups in total. The van der Waals surface area contributed by atoms with Gasteiger partial charge in [0.15, 0.2) is 5.76 Å². The van der Waals surface area contributed by atoms with Crippen LogP contribution in [0.4, 0.5) is 0 Å². The molecule has 0 spiro atoms. The number of aryl methyl sites for hydroxylation is 1. The van der Waals surface area contributed by atoms with Crippen LogP contribution in [0.5, 0.6) is 0 Å². The Morgan fingerprint density at radius 2 is 2.19 bits per heavy atom. The predicted octanol–water partition coefficient (Wildman–Crippen LogP) is 2.99. The molecule has 0 aliphatic heterocycles. The van der Waals surface area contributed by atoms with E-state index in [1.807, 2.05) is 13.0 Å². The summed E-state index contributed by atoms with van der Waals surface area (Å²) in [5, 5.41) is 2.84. The quantitative estimate of drug-likeness (QED) is 0.846. The Bertz CT molecular complexity index is 347. The molecule has 4 heteroatoms. The van der Waals surface area contributed by atoms with E-state index in [9.17, 15) is 4.79 Å². The van der Waals surface area contributed by atoms with Gasteiger partial charge in [-0.2, -0.15) is 0 Å². The van der Waals surface area contributed by atoms with Crippen LogP contribution in [0.1, 0.15) is 37.1 Å². The average molecular weight is 288 g/mol. The van der Waals surface area contributed by atoms with Crippen molar-refractivity contribution in [3.05, 3.63) is 23.7 Å². The molecule has 0 saturated heterocycles. The van der Waals surface area contributed by atoms with Crippen molar-refractivity contribution in [2.45, 2.75) is 32.0 Å². The molecule has 1 rings (SSSR count). The van der Waals surface area contributed by atoms with Gasteiger partial charge in [0.1, 0.15) is 5.76 Å². The molecule has 0 aromatic carbocycles. The lowest BCUT2D eigenvalue weighted by molar-refractivity contribution is 0.0923. The number of rotatable bonds is 5. The highest BCUT2D eigenvalue weighted by Gasteiger charge is 2.14. The molecule has 1 amide bonds. The van der Waals surface area contributed by atoms with Gasteiger partial charge in [-0.1, -0.05) is 36.7 Å². The van der Waals surface area contributed by atoms with Crippen LogP contribution in [0.25, 0.3) is 0 Å². The largest absolute Gasteiger partial charge is 0.456 e. The normalized spacial score (nSPS) is 12.8. The maximum atomic E-state index is 11.7. The van der Waals surface area contributed by atoms with Crippen molar-refractivity contribution >= 4 is 21.8 Å². The maximum Gasteiger partial charge on any atom is 0.287 e. The van der Waals surface area contributed by atoms with Crippen LogP contribution in [0, 0.1) is 5.92 Å². The minimum atomic E-state index is -0.148. The maximum absolute atomic E-state index is 11.7. The van der Waals surface area contributed by atoms with Gasteiger partial charge >= 0.3 is 0 Å². The smallest absolute Gasteiger partial charge is 0.287 e. The van der Waals surface area contributed by atoms with E-state index in [-0.39, 0.29) is 10.7 Å². The summed E-state index contributed by atoms with van der Waals surface area (Å²) in [6.45, 7) is 6.81. The molecule has 1 heterocycles. The van der Waals surface area contributed by atoms with Gasteiger partial charge in [0.05, 0.1) is 0 Å². The van der Waals surface area contributed by atoms with E-state index < -0.39 is 0 Å². The zero-order chi connectivity index (χ0) is 12.1. The Kier molecular flexibility index (Phi) is 5.06. The van der Waals surface area contributed by atoms with Gasteiger partial charge in [-0.15, -0.1) is 0 Å². The SMILES string of the molecule is CCc1ccc(C(=O)NCC(Br)C(C)C)o1. The van der Waals surface area contributed by atoms with E-state index in [1.165, 1.54) is 0 Å². The molecule has 90 valence electrons. The number of halogens is 1. The lowest BCUT2D eigenvalue weighted by atomic mass is 10.1. The Morgan fingerprint density at radius 1 is 1.50 bits per heavy atom. The fraction of sp³-hybridized carbons (Fsp3) is 0.583. The summed E-state index contributed by atoms with van der Waals surface area (Å²) in [6, 6.07) is 3.55. The minimum Gasteiger partial charge on any atom is -0.456 e. The molecule has 0 fully saturated rings. The Labute approximate surface area is 105 Å². The number of furan rings is 1. The molecule has 16 heavy (non-hydrogen) atoms. The summed E-state index contributed by atoms with van der Waals surface area (Å²) in [7, 11) is 0. The second kappa shape index (κ2) is 6.09. The highest BCUT2D eigenvalue weighted by atomic mass is 79.9. The fourth-order valence-electron chi connectivity index (χ4n) is 1.20. The zero-order valence-corrected chi connectivity index (χ0v) is 11.5. The van der Waals surface area contributed by atoms with Gasteiger partial charge < -0.3 is 9.73 Å². The first kappa shape index (κ1) is 13.3. The molecule has 0 aliphatic carbocycles. The fourth-order valence-corrected chi connectivity index (χ4v) is 1.36. The van der Waals surface area contributed by atoms with Crippen molar-refractivity contribution in [1.82, 2.24) is 5.32 Å². The van der Waals surface area contributed by atoms with E-state index in [2.05, 4.69) is 35.1 Å². The minimum absolute atomic E-state index is 0.148. The van der Waals surface area contributed by atoms with E-state index >= 15 is 0 Å². The van der Waals surface area contributed by atoms with Crippen molar-refractivity contribution in [2.24, 2.45) is 5.92 Å². The number of hydrogen-bond donors (Lipinski definition) is 1. The molecule has 0 saturated carbocycles. The number of nitrogens with one attached hydrogen (secondary N) is 1. The summed E-state index contributed by atoms with van der Waals surface area (Å²) in [5.41, 5.74) is 0. The molecular formula is C12H18BrNO2. The molecule has 0 radical (unpaired) electrons. The first-order chi connectivity index (χ1) is 7.54. The van der Waals surface area contributed by atoms with Crippen LogP contribution in [0.15, 0.2) is 16.5 Å². The Morgan fingerprint density at radius 3 is 2.69 bits per heavy atom. The third kappa shape index (κ3) is 3.67. The number of amides is 1. The monoisotopic (exact) mass is 287 g/mol. The van der Waals surface area contributed by atoms with Crippen molar-refractivity contribution in [1.29, 1.82) is 0 Å². The second-order valence-electron chi connectivity index (χ2n) is 4.09. The summed E-state index contributed by atoms with van der Waals surface area (Å²) < 4.78 is 5.36. The number of alkyl halides is 1. The van der Waals surface area contributed by atoms with Crippen molar-refractivity contribution in [3.63, 3.8) is 0 Å². The highest BCUT2D eigenvalue weighted by Crippen LogP contribution is 2.11. The van der Waals surface area contributed by atoms with Gasteiger partial charge in [-0.3, -0.25) is 4.79 Å². The molecule has 1 aromatic heterocycles. The number of carbonyl (C=O) groups excluding carboxylic acids is 1. The molecule has 1 atom stereocenters.